The summed E-state index contributed by atoms with van der Waals surface area (Å²) >= 11 is 0. The summed E-state index contributed by atoms with van der Waals surface area (Å²) in [6.07, 6.45) is -5.37. The Hall–Kier alpha value is -2.38. The zero-order valence-corrected chi connectivity index (χ0v) is 13.5. The smallest absolute Gasteiger partial charge is 0.416 e. The van der Waals surface area contributed by atoms with Crippen LogP contribution in [0.3, 0.4) is 0 Å². The van der Waals surface area contributed by atoms with Crippen LogP contribution in [0.15, 0.2) is 48.5 Å². The van der Waals surface area contributed by atoms with Gasteiger partial charge in [-0.1, -0.05) is 30.3 Å². The van der Waals surface area contributed by atoms with Gasteiger partial charge in [0.25, 0.3) is 0 Å². The number of esters is 1. The van der Waals surface area contributed by atoms with Crippen molar-refractivity contribution in [3.63, 3.8) is 0 Å². The highest BCUT2D eigenvalue weighted by molar-refractivity contribution is 5.89. The summed E-state index contributed by atoms with van der Waals surface area (Å²) in [4.78, 5) is 11.4. The molecule has 0 aliphatic carbocycles. The SMILES string of the molecule is COC(=O)c1ccc(COC(CN)c2ccccc2C(F)(F)F)cc1. The molecule has 0 amide bonds. The van der Waals surface area contributed by atoms with Gasteiger partial charge in [-0.25, -0.2) is 4.79 Å². The number of hydrogen-bond donors (Lipinski definition) is 1. The highest BCUT2D eigenvalue weighted by Gasteiger charge is 2.34. The maximum Gasteiger partial charge on any atom is 0.416 e. The lowest BCUT2D eigenvalue weighted by Crippen LogP contribution is -2.20. The van der Waals surface area contributed by atoms with Gasteiger partial charge >= 0.3 is 12.1 Å². The van der Waals surface area contributed by atoms with Crippen LogP contribution in [0.5, 0.6) is 0 Å². The molecule has 0 bridgehead atoms. The Morgan fingerprint density at radius 3 is 2.32 bits per heavy atom. The first-order valence-corrected chi connectivity index (χ1v) is 7.52. The number of benzene rings is 2. The van der Waals surface area contributed by atoms with Gasteiger partial charge in [0.05, 0.1) is 30.9 Å². The second-order valence-electron chi connectivity index (χ2n) is 5.31. The molecule has 2 aromatic carbocycles. The first-order valence-electron chi connectivity index (χ1n) is 7.52. The third-order valence-electron chi connectivity index (χ3n) is 3.65. The zero-order valence-electron chi connectivity index (χ0n) is 13.5. The third-order valence-corrected chi connectivity index (χ3v) is 3.65. The molecule has 2 aromatic rings. The van der Waals surface area contributed by atoms with E-state index in [1.165, 1.54) is 25.3 Å². The van der Waals surface area contributed by atoms with Crippen molar-refractivity contribution in [3.05, 3.63) is 70.8 Å². The normalized spacial score (nSPS) is 12.7. The summed E-state index contributed by atoms with van der Waals surface area (Å²) in [7, 11) is 1.28. The molecule has 2 rings (SSSR count). The van der Waals surface area contributed by atoms with Crippen LogP contribution in [0, 0.1) is 0 Å². The topological polar surface area (TPSA) is 61.5 Å². The average molecular weight is 353 g/mol. The van der Waals surface area contributed by atoms with E-state index in [1.807, 2.05) is 0 Å². The third kappa shape index (κ3) is 4.80. The molecule has 0 aliphatic rings. The number of carbonyl (C=O) groups is 1. The van der Waals surface area contributed by atoms with Gasteiger partial charge in [0.1, 0.15) is 0 Å². The number of halogens is 3. The standard InChI is InChI=1S/C18H18F3NO3/c1-24-17(23)13-8-6-12(7-9-13)11-25-16(10-22)14-4-2-3-5-15(14)18(19,20)21/h2-9,16H,10-11,22H2,1H3. The molecular weight excluding hydrogens is 335 g/mol. The maximum absolute atomic E-state index is 13.1. The quantitative estimate of drug-likeness (QED) is 0.805. The Morgan fingerprint density at radius 2 is 1.76 bits per heavy atom. The summed E-state index contributed by atoms with van der Waals surface area (Å²) < 4.78 is 49.6. The van der Waals surface area contributed by atoms with E-state index in [1.54, 1.807) is 24.3 Å². The van der Waals surface area contributed by atoms with Gasteiger partial charge < -0.3 is 15.2 Å². The van der Waals surface area contributed by atoms with Crippen molar-refractivity contribution >= 4 is 5.97 Å². The summed E-state index contributed by atoms with van der Waals surface area (Å²) in [5, 5.41) is 0. The van der Waals surface area contributed by atoms with E-state index in [2.05, 4.69) is 4.74 Å². The zero-order chi connectivity index (χ0) is 18.4. The molecule has 7 heteroatoms. The molecule has 0 saturated heterocycles. The fourth-order valence-corrected chi connectivity index (χ4v) is 2.37. The molecule has 0 spiro atoms. The van der Waals surface area contributed by atoms with Gasteiger partial charge in [0.15, 0.2) is 0 Å². The highest BCUT2D eigenvalue weighted by atomic mass is 19.4. The molecule has 0 saturated carbocycles. The van der Waals surface area contributed by atoms with Gasteiger partial charge in [0.2, 0.25) is 0 Å². The fraction of sp³-hybridized carbons (Fsp3) is 0.278. The van der Waals surface area contributed by atoms with Gasteiger partial charge in [-0.05, 0) is 29.3 Å². The fourth-order valence-electron chi connectivity index (χ4n) is 2.37. The minimum Gasteiger partial charge on any atom is -0.465 e. The molecule has 1 atom stereocenters. The summed E-state index contributed by atoms with van der Waals surface area (Å²) in [6.45, 7) is -0.0250. The molecule has 4 nitrogen and oxygen atoms in total. The predicted octanol–water partition coefficient (Wildman–Crippen LogP) is 3.71. The second kappa shape index (κ2) is 8.13. The molecule has 0 heterocycles. The number of nitrogens with two attached hydrogens (primary N) is 1. The Morgan fingerprint density at radius 1 is 1.12 bits per heavy atom. The largest absolute Gasteiger partial charge is 0.465 e. The van der Waals surface area contributed by atoms with Crippen molar-refractivity contribution in [2.45, 2.75) is 18.9 Å². The molecule has 0 fully saturated rings. The van der Waals surface area contributed by atoms with Crippen molar-refractivity contribution in [1.82, 2.24) is 0 Å². The van der Waals surface area contributed by atoms with Crippen LogP contribution in [0.25, 0.3) is 0 Å². The minimum atomic E-state index is -4.48. The van der Waals surface area contributed by atoms with Gasteiger partial charge in [-0.2, -0.15) is 13.2 Å². The van der Waals surface area contributed by atoms with Crippen LogP contribution in [-0.4, -0.2) is 19.6 Å². The van der Waals surface area contributed by atoms with E-state index in [9.17, 15) is 18.0 Å². The van der Waals surface area contributed by atoms with Crippen LogP contribution in [0.1, 0.15) is 33.2 Å². The van der Waals surface area contributed by atoms with Gasteiger partial charge in [0, 0.05) is 6.54 Å². The Balaban J connectivity index is 2.12. The summed E-state index contributed by atoms with van der Waals surface area (Å²) in [5.41, 5.74) is 5.94. The number of ether oxygens (including phenoxy) is 2. The molecule has 1 unspecified atom stereocenters. The van der Waals surface area contributed by atoms with Crippen molar-refractivity contribution in [2.24, 2.45) is 5.73 Å². The average Bonchev–Trinajstić information content (AvgIpc) is 2.61. The monoisotopic (exact) mass is 353 g/mol. The Labute approximate surface area is 143 Å². The first kappa shape index (κ1) is 19.0. The molecule has 25 heavy (non-hydrogen) atoms. The van der Waals surface area contributed by atoms with Gasteiger partial charge in [-0.3, -0.25) is 0 Å². The highest BCUT2D eigenvalue weighted by Crippen LogP contribution is 2.35. The van der Waals surface area contributed by atoms with E-state index >= 15 is 0 Å². The lowest BCUT2D eigenvalue weighted by molar-refractivity contribution is -0.139. The number of hydrogen-bond acceptors (Lipinski definition) is 4. The molecule has 0 radical (unpaired) electrons. The van der Waals surface area contributed by atoms with Crippen molar-refractivity contribution in [1.29, 1.82) is 0 Å². The summed E-state index contributed by atoms with van der Waals surface area (Å²) in [6, 6.07) is 11.6. The van der Waals surface area contributed by atoms with E-state index < -0.39 is 23.8 Å². The second-order valence-corrected chi connectivity index (χ2v) is 5.31. The Bertz CT molecular complexity index is 714. The number of rotatable bonds is 6. The van der Waals surface area contributed by atoms with E-state index in [0.717, 1.165) is 6.07 Å². The molecular formula is C18H18F3NO3. The lowest BCUT2D eigenvalue weighted by Gasteiger charge is -2.21. The van der Waals surface area contributed by atoms with Crippen molar-refractivity contribution in [3.8, 4) is 0 Å². The maximum atomic E-state index is 13.1. The summed E-state index contributed by atoms with van der Waals surface area (Å²) in [5.74, 6) is -0.466. The number of alkyl halides is 3. The van der Waals surface area contributed by atoms with Gasteiger partial charge in [-0.15, -0.1) is 0 Å². The number of methoxy groups -OCH3 is 1. The molecule has 0 aromatic heterocycles. The van der Waals surface area contributed by atoms with Crippen LogP contribution in [-0.2, 0) is 22.3 Å². The van der Waals surface area contributed by atoms with E-state index in [4.69, 9.17) is 10.5 Å². The van der Waals surface area contributed by atoms with Crippen LogP contribution < -0.4 is 5.73 Å². The minimum absolute atomic E-state index is 0.00341. The number of carbonyl (C=O) groups excluding carboxylic acids is 1. The van der Waals surface area contributed by atoms with Crippen LogP contribution in [0.4, 0.5) is 13.2 Å². The predicted molar refractivity (Wildman–Crippen MR) is 85.8 cm³/mol. The molecule has 134 valence electrons. The molecule has 0 aliphatic heterocycles. The van der Waals surface area contributed by atoms with Crippen molar-refractivity contribution in [2.75, 3.05) is 13.7 Å². The Kier molecular flexibility index (Phi) is 6.17. The van der Waals surface area contributed by atoms with Crippen molar-refractivity contribution < 1.29 is 27.4 Å². The van der Waals surface area contributed by atoms with E-state index in [0.29, 0.717) is 11.1 Å². The van der Waals surface area contributed by atoms with Crippen LogP contribution >= 0.6 is 0 Å². The van der Waals surface area contributed by atoms with Crippen LogP contribution in [0.2, 0.25) is 0 Å². The first-order chi connectivity index (χ1) is 11.9. The molecule has 2 N–H and O–H groups in total. The van der Waals surface area contributed by atoms with E-state index in [-0.39, 0.29) is 18.7 Å². The lowest BCUT2D eigenvalue weighted by atomic mass is 10.0.